The molecule has 0 radical (unpaired) electrons. The van der Waals surface area contributed by atoms with Crippen LogP contribution in [0.4, 0.5) is 0 Å². The number of unbranched alkanes of at least 4 members (excludes halogenated alkanes) is 17. The summed E-state index contributed by atoms with van der Waals surface area (Å²) in [5.41, 5.74) is 0. The van der Waals surface area contributed by atoms with Crippen molar-refractivity contribution in [3.63, 3.8) is 0 Å². The minimum Gasteiger partial charge on any atom is -0.394 e. The van der Waals surface area contributed by atoms with E-state index in [4.69, 9.17) is 18.9 Å². The maximum Gasteiger partial charge on any atom is 0.224 e. The lowest BCUT2D eigenvalue weighted by atomic mass is 9.99. The molecule has 2 aliphatic heterocycles. The molecular weight excluding hydrogens is 596 g/mol. The maximum absolute atomic E-state index is 10.4. The van der Waals surface area contributed by atoms with E-state index >= 15 is 0 Å². The normalized spacial score (nSPS) is 31.7. The molecule has 11 heteroatoms. The van der Waals surface area contributed by atoms with E-state index in [0.717, 1.165) is 25.7 Å². The van der Waals surface area contributed by atoms with Gasteiger partial charge in [-0.3, -0.25) is 0 Å². The lowest BCUT2D eigenvalue weighted by Gasteiger charge is -2.43. The van der Waals surface area contributed by atoms with Crippen LogP contribution in [-0.4, -0.2) is 117 Å². The topological polar surface area (TPSA) is 179 Å². The van der Waals surface area contributed by atoms with Crippen LogP contribution in [0.1, 0.15) is 129 Å². The minimum atomic E-state index is -2.20. The van der Waals surface area contributed by atoms with Crippen LogP contribution >= 0.6 is 0 Å². The Morgan fingerprint density at radius 1 is 0.609 bits per heavy atom. The van der Waals surface area contributed by atoms with E-state index in [1.807, 2.05) is 0 Å². The number of ether oxygens (including phenoxy) is 4. The van der Waals surface area contributed by atoms with Gasteiger partial charge in [-0.2, -0.15) is 0 Å². The first kappa shape index (κ1) is 41.5. The van der Waals surface area contributed by atoms with Gasteiger partial charge in [-0.1, -0.05) is 109 Å². The van der Waals surface area contributed by atoms with Crippen LogP contribution in [0.3, 0.4) is 0 Å². The van der Waals surface area contributed by atoms with Crippen LogP contribution in [0.15, 0.2) is 12.2 Å². The summed E-state index contributed by atoms with van der Waals surface area (Å²) >= 11 is 0. The van der Waals surface area contributed by atoms with Crippen molar-refractivity contribution in [3.05, 3.63) is 12.2 Å². The molecule has 0 spiro atoms. The van der Waals surface area contributed by atoms with Gasteiger partial charge in [0.25, 0.3) is 0 Å². The van der Waals surface area contributed by atoms with E-state index in [9.17, 15) is 35.7 Å². The molecule has 2 aliphatic rings. The quantitative estimate of drug-likeness (QED) is 0.0505. The molecule has 0 aromatic carbocycles. The highest BCUT2D eigenvalue weighted by molar-refractivity contribution is 4.98. The summed E-state index contributed by atoms with van der Waals surface area (Å²) < 4.78 is 22.1. The summed E-state index contributed by atoms with van der Waals surface area (Å²) in [6, 6.07) is 0. The van der Waals surface area contributed by atoms with E-state index in [1.165, 1.54) is 96.3 Å². The number of hydrogen-bond acceptors (Lipinski definition) is 11. The minimum absolute atomic E-state index is 0.0756. The van der Waals surface area contributed by atoms with Crippen LogP contribution in [0.2, 0.25) is 0 Å². The highest BCUT2D eigenvalue weighted by atomic mass is 16.8. The molecule has 9 atom stereocenters. The summed E-state index contributed by atoms with van der Waals surface area (Å²) in [4.78, 5) is 0. The summed E-state index contributed by atoms with van der Waals surface area (Å²) in [6.45, 7) is 1.06. The molecule has 0 saturated carbocycles. The molecule has 7 N–H and O–H groups in total. The molecule has 0 amide bonds. The predicted molar refractivity (Wildman–Crippen MR) is 175 cm³/mol. The van der Waals surface area contributed by atoms with Crippen LogP contribution in [-0.2, 0) is 18.9 Å². The SMILES string of the molecule is CCCCCCCCCCCCC/C=C\CCCCCCCCOC[C@H]1O[C@H](O[C@]2(CO)O[C@H](CO)[C@@H](O)[C@@H]2O)[C@H](O)[C@@H](O)[C@@H]1O. The number of aliphatic hydroxyl groups excluding tert-OH is 7. The maximum atomic E-state index is 10.4. The van der Waals surface area contributed by atoms with Gasteiger partial charge in [-0.25, -0.2) is 0 Å². The van der Waals surface area contributed by atoms with Crippen molar-refractivity contribution in [1.82, 2.24) is 0 Å². The second-order valence-electron chi connectivity index (χ2n) is 13.2. The molecule has 0 aromatic heterocycles. The second kappa shape index (κ2) is 24.4. The van der Waals surface area contributed by atoms with Crippen LogP contribution in [0.25, 0.3) is 0 Å². The zero-order chi connectivity index (χ0) is 33.6. The first-order valence-corrected chi connectivity index (χ1v) is 18.2. The lowest BCUT2D eigenvalue weighted by Crippen LogP contribution is -2.62. The summed E-state index contributed by atoms with van der Waals surface area (Å²) in [5, 5.41) is 70.7. The molecule has 2 heterocycles. The molecule has 0 aliphatic carbocycles. The third kappa shape index (κ3) is 14.4. The Hall–Kier alpha value is -0.700. The zero-order valence-electron chi connectivity index (χ0n) is 28.3. The van der Waals surface area contributed by atoms with Crippen molar-refractivity contribution in [2.45, 2.75) is 184 Å². The van der Waals surface area contributed by atoms with Gasteiger partial charge in [-0.15, -0.1) is 0 Å². The molecule has 2 fully saturated rings. The monoisotopic (exact) mass is 662 g/mol. The van der Waals surface area contributed by atoms with Crippen LogP contribution < -0.4 is 0 Å². The molecule has 2 saturated heterocycles. The number of hydrogen-bond donors (Lipinski definition) is 7. The van der Waals surface area contributed by atoms with Crippen molar-refractivity contribution in [2.24, 2.45) is 0 Å². The van der Waals surface area contributed by atoms with Crippen LogP contribution in [0.5, 0.6) is 0 Å². The number of aliphatic hydroxyl groups is 7. The highest BCUT2D eigenvalue weighted by Gasteiger charge is 2.58. The van der Waals surface area contributed by atoms with Gasteiger partial charge in [0.1, 0.15) is 49.3 Å². The Bertz CT molecular complexity index is 771. The van der Waals surface area contributed by atoms with E-state index in [2.05, 4.69) is 19.1 Å². The average molecular weight is 663 g/mol. The summed E-state index contributed by atoms with van der Waals surface area (Å²) in [7, 11) is 0. The fraction of sp³-hybridized carbons (Fsp3) is 0.943. The van der Waals surface area contributed by atoms with Gasteiger partial charge in [0.2, 0.25) is 5.79 Å². The van der Waals surface area contributed by atoms with Crippen molar-refractivity contribution in [3.8, 4) is 0 Å². The third-order valence-electron chi connectivity index (χ3n) is 9.22. The molecule has 0 bridgehead atoms. The standard InChI is InChI=1S/C35H66O11/c1-2-3-4-5-6-7-8-9-10-11-12-13-14-15-16-17-18-19-20-21-22-23-43-25-28-29(38)31(40)32(41)34(44-28)46-35(26-37)33(42)30(39)27(24-36)45-35/h14-15,27-34,36-42H,2-13,16-26H2,1H3/b15-14-/t27-,28-,29-,30-,31+,32-,33+,34-,35+/m1/s1. The Balaban J connectivity index is 1.48. The van der Waals surface area contributed by atoms with Gasteiger partial charge in [0.05, 0.1) is 13.2 Å². The molecular formula is C35H66O11. The predicted octanol–water partition coefficient (Wildman–Crippen LogP) is 3.62. The summed E-state index contributed by atoms with van der Waals surface area (Å²) in [6.07, 6.45) is 16.7. The molecule has 2 rings (SSSR count). The van der Waals surface area contributed by atoms with Gasteiger partial charge < -0.3 is 54.7 Å². The molecule has 46 heavy (non-hydrogen) atoms. The fourth-order valence-electron chi connectivity index (χ4n) is 6.15. The molecule has 11 nitrogen and oxygen atoms in total. The van der Waals surface area contributed by atoms with Gasteiger partial charge in [0.15, 0.2) is 6.29 Å². The average Bonchev–Trinajstić information content (AvgIpc) is 3.30. The Kier molecular flexibility index (Phi) is 22.0. The molecule has 0 unspecified atom stereocenters. The molecule has 0 aromatic rings. The number of rotatable bonds is 27. The lowest BCUT2D eigenvalue weighted by molar-refractivity contribution is -0.384. The van der Waals surface area contributed by atoms with Crippen molar-refractivity contribution >= 4 is 0 Å². The van der Waals surface area contributed by atoms with Crippen LogP contribution in [0, 0.1) is 0 Å². The Morgan fingerprint density at radius 2 is 1.13 bits per heavy atom. The Labute approximate surface area is 276 Å². The van der Waals surface area contributed by atoms with E-state index in [1.54, 1.807) is 0 Å². The van der Waals surface area contributed by atoms with E-state index < -0.39 is 68.0 Å². The number of allylic oxidation sites excluding steroid dienone is 2. The largest absolute Gasteiger partial charge is 0.394 e. The van der Waals surface area contributed by atoms with Gasteiger partial charge >= 0.3 is 0 Å². The van der Waals surface area contributed by atoms with E-state index in [-0.39, 0.29) is 6.61 Å². The fourth-order valence-corrected chi connectivity index (χ4v) is 6.15. The first-order valence-electron chi connectivity index (χ1n) is 18.2. The van der Waals surface area contributed by atoms with Gasteiger partial charge in [-0.05, 0) is 32.1 Å². The smallest absolute Gasteiger partial charge is 0.224 e. The first-order chi connectivity index (χ1) is 22.3. The Morgan fingerprint density at radius 3 is 1.63 bits per heavy atom. The summed E-state index contributed by atoms with van der Waals surface area (Å²) in [5.74, 6) is -2.20. The van der Waals surface area contributed by atoms with E-state index in [0.29, 0.717) is 6.61 Å². The van der Waals surface area contributed by atoms with Gasteiger partial charge in [0, 0.05) is 6.61 Å². The van der Waals surface area contributed by atoms with Crippen molar-refractivity contribution < 1.29 is 54.7 Å². The second-order valence-corrected chi connectivity index (χ2v) is 13.2. The van der Waals surface area contributed by atoms with Crippen molar-refractivity contribution in [1.29, 1.82) is 0 Å². The zero-order valence-corrected chi connectivity index (χ0v) is 28.3. The third-order valence-corrected chi connectivity index (χ3v) is 9.22. The highest BCUT2D eigenvalue weighted by Crippen LogP contribution is 2.36. The van der Waals surface area contributed by atoms with Crippen molar-refractivity contribution in [2.75, 3.05) is 26.4 Å². The molecule has 272 valence electrons.